The normalized spacial score (nSPS) is 14.3. The van der Waals surface area contributed by atoms with Gasteiger partial charge in [-0.15, -0.1) is 10.2 Å². The Morgan fingerprint density at radius 3 is 2.26 bits per heavy atom. The van der Waals surface area contributed by atoms with Gasteiger partial charge in [-0.3, -0.25) is 24.0 Å². The fourth-order valence-corrected chi connectivity index (χ4v) is 5.13. The van der Waals surface area contributed by atoms with Gasteiger partial charge in [0.25, 0.3) is 11.8 Å². The van der Waals surface area contributed by atoms with E-state index in [4.69, 9.17) is 16.6 Å². The van der Waals surface area contributed by atoms with Crippen LogP contribution in [0.3, 0.4) is 0 Å². The molecule has 2 aliphatic heterocycles. The number of benzene rings is 3. The van der Waals surface area contributed by atoms with Crippen molar-refractivity contribution in [1.29, 1.82) is 0 Å². The van der Waals surface area contributed by atoms with Crippen LogP contribution >= 0.6 is 27.5 Å². The molecule has 3 aromatic carbocycles. The highest BCUT2D eigenvalue weighted by Gasteiger charge is 2.35. The second kappa shape index (κ2) is 8.55. The van der Waals surface area contributed by atoms with Gasteiger partial charge in [-0.2, -0.15) is 0 Å². The molecule has 0 saturated carbocycles. The monoisotopic (exact) mass is 545 g/mol. The zero-order chi connectivity index (χ0) is 24.1. The third-order valence-electron chi connectivity index (χ3n) is 6.20. The zero-order valence-electron chi connectivity index (χ0n) is 18.3. The number of hydrogen-bond donors (Lipinski definition) is 0. The van der Waals surface area contributed by atoms with Gasteiger partial charge in [-0.25, -0.2) is 0 Å². The van der Waals surface area contributed by atoms with Gasteiger partial charge in [0.15, 0.2) is 5.82 Å². The van der Waals surface area contributed by atoms with Gasteiger partial charge in [0, 0.05) is 33.6 Å². The molecule has 0 unspecified atom stereocenters. The summed E-state index contributed by atoms with van der Waals surface area (Å²) in [6.45, 7) is 0.513. The molecule has 0 N–H and O–H groups in total. The van der Waals surface area contributed by atoms with Crippen LogP contribution in [-0.2, 0) is 13.0 Å². The Hall–Kier alpha value is -3.62. The molecule has 3 heterocycles. The van der Waals surface area contributed by atoms with Crippen LogP contribution in [0.25, 0.3) is 5.69 Å². The summed E-state index contributed by atoms with van der Waals surface area (Å²) in [5.74, 6) is 0.748. The molecular weight excluding hydrogens is 530 g/mol. The van der Waals surface area contributed by atoms with Gasteiger partial charge >= 0.3 is 0 Å². The lowest BCUT2D eigenvalue weighted by molar-refractivity contribution is 0.0655. The first-order valence-electron chi connectivity index (χ1n) is 11.0. The number of carbonyl (C=O) groups excluding carboxylic acids is 2. The Bertz CT molecular complexity index is 1530. The van der Waals surface area contributed by atoms with Crippen LogP contribution in [0.2, 0.25) is 5.02 Å². The molecule has 1 aromatic heterocycles. The number of nitrogens with zero attached hydrogens (tertiary/aromatic N) is 5. The lowest BCUT2D eigenvalue weighted by Crippen LogP contribution is -2.32. The molecule has 0 spiro atoms. The number of carbonyl (C=O) groups is 2. The van der Waals surface area contributed by atoms with Gasteiger partial charge in [0.1, 0.15) is 12.4 Å². The molecule has 6 rings (SSSR count). The van der Waals surface area contributed by atoms with E-state index in [1.165, 1.54) is 4.90 Å². The number of fused-ring (bicyclic) bond motifs is 4. The number of imide groups is 1. The highest BCUT2D eigenvalue weighted by Crippen LogP contribution is 2.31. The molecule has 2 aliphatic rings. The third-order valence-corrected chi connectivity index (χ3v) is 7.02. The van der Waals surface area contributed by atoms with Gasteiger partial charge in [-0.1, -0.05) is 57.9 Å². The van der Waals surface area contributed by atoms with E-state index in [9.17, 15) is 9.59 Å². The Morgan fingerprint density at radius 1 is 0.857 bits per heavy atom. The lowest BCUT2D eigenvalue weighted by atomic mass is 10.0. The largest absolute Gasteiger partial charge is 0.281 e. The summed E-state index contributed by atoms with van der Waals surface area (Å²) in [4.78, 5) is 31.7. The highest BCUT2D eigenvalue weighted by atomic mass is 79.9. The van der Waals surface area contributed by atoms with E-state index in [1.54, 1.807) is 24.3 Å². The van der Waals surface area contributed by atoms with Crippen LogP contribution < -0.4 is 0 Å². The Morgan fingerprint density at radius 2 is 1.54 bits per heavy atom. The van der Waals surface area contributed by atoms with Crippen molar-refractivity contribution in [2.75, 3.05) is 6.54 Å². The van der Waals surface area contributed by atoms with Crippen LogP contribution in [0, 0.1) is 0 Å². The second-order valence-electron chi connectivity index (χ2n) is 8.23. The van der Waals surface area contributed by atoms with Crippen molar-refractivity contribution in [3.8, 4) is 5.69 Å². The molecule has 0 fully saturated rings. The predicted molar refractivity (Wildman–Crippen MR) is 135 cm³/mol. The number of aliphatic imine (C=N–C) groups is 1. The topological polar surface area (TPSA) is 80.5 Å². The molecule has 172 valence electrons. The molecule has 9 heteroatoms. The van der Waals surface area contributed by atoms with Crippen LogP contribution in [0.1, 0.15) is 43.5 Å². The molecule has 0 radical (unpaired) electrons. The average Bonchev–Trinajstić information content (AvgIpc) is 3.32. The Kier molecular flexibility index (Phi) is 5.35. The summed E-state index contributed by atoms with van der Waals surface area (Å²) in [7, 11) is 0. The SMILES string of the molecule is O=C1c2ccccc2C(=O)N1CCc1nnc2n1-c1cc(Br)ccc1C(c1ccccc1Cl)=NC2. The van der Waals surface area contributed by atoms with Crippen molar-refractivity contribution in [3.63, 3.8) is 0 Å². The third kappa shape index (κ3) is 3.61. The second-order valence-corrected chi connectivity index (χ2v) is 9.55. The smallest absolute Gasteiger partial charge is 0.261 e. The average molecular weight is 547 g/mol. The van der Waals surface area contributed by atoms with Gasteiger partial charge in [-0.05, 0) is 36.4 Å². The fraction of sp³-hybridized carbons (Fsp3) is 0.115. The van der Waals surface area contributed by atoms with Crippen LogP contribution in [-0.4, -0.2) is 43.7 Å². The first-order chi connectivity index (χ1) is 17.0. The molecular formula is C26H17BrClN5O2. The van der Waals surface area contributed by atoms with Crippen LogP contribution in [0.4, 0.5) is 0 Å². The maximum atomic E-state index is 12.8. The fourth-order valence-electron chi connectivity index (χ4n) is 4.56. The van der Waals surface area contributed by atoms with Crippen molar-refractivity contribution in [2.45, 2.75) is 13.0 Å². The minimum Gasteiger partial charge on any atom is -0.281 e. The first kappa shape index (κ1) is 21.9. The van der Waals surface area contributed by atoms with Gasteiger partial charge < -0.3 is 0 Å². The first-order valence-corrected chi connectivity index (χ1v) is 12.2. The molecule has 0 saturated heterocycles. The standard InChI is InChI=1S/C26H17BrClN5O2/c27-15-9-10-19-21(13-15)33-22(11-12-32-25(34)16-5-1-2-6-17(16)26(32)35)30-31-23(33)14-29-24(19)18-7-3-4-8-20(18)28/h1-10,13H,11-12,14H2. The maximum Gasteiger partial charge on any atom is 0.261 e. The number of rotatable bonds is 4. The summed E-state index contributed by atoms with van der Waals surface area (Å²) in [5.41, 5.74) is 4.22. The quantitative estimate of drug-likeness (QED) is 0.342. The predicted octanol–water partition coefficient (Wildman–Crippen LogP) is 4.87. The van der Waals surface area contributed by atoms with Crippen LogP contribution in [0.5, 0.6) is 0 Å². The number of amides is 2. The number of hydrogen-bond acceptors (Lipinski definition) is 5. The summed E-state index contributed by atoms with van der Waals surface area (Å²) in [5, 5.41) is 9.40. The zero-order valence-corrected chi connectivity index (χ0v) is 20.6. The van der Waals surface area contributed by atoms with Crippen molar-refractivity contribution in [2.24, 2.45) is 4.99 Å². The summed E-state index contributed by atoms with van der Waals surface area (Å²) in [6, 6.07) is 20.4. The molecule has 2 amide bonds. The van der Waals surface area contributed by atoms with Crippen molar-refractivity contribution >= 4 is 45.1 Å². The van der Waals surface area contributed by atoms with E-state index >= 15 is 0 Å². The number of aromatic nitrogens is 3. The van der Waals surface area contributed by atoms with Crippen molar-refractivity contribution < 1.29 is 9.59 Å². The Labute approximate surface area is 214 Å². The van der Waals surface area contributed by atoms with Crippen molar-refractivity contribution in [1.82, 2.24) is 19.7 Å². The summed E-state index contributed by atoms with van der Waals surface area (Å²) < 4.78 is 2.86. The Balaban J connectivity index is 1.37. The van der Waals surface area contributed by atoms with E-state index in [1.807, 2.05) is 47.0 Å². The minimum atomic E-state index is -0.284. The maximum absolute atomic E-state index is 12.8. The molecule has 0 bridgehead atoms. The molecule has 4 aromatic rings. The van der Waals surface area contributed by atoms with E-state index in [0.717, 1.165) is 27.0 Å². The highest BCUT2D eigenvalue weighted by molar-refractivity contribution is 9.10. The molecule has 35 heavy (non-hydrogen) atoms. The van der Waals surface area contributed by atoms with E-state index in [-0.39, 0.29) is 18.4 Å². The molecule has 7 nitrogen and oxygen atoms in total. The van der Waals surface area contributed by atoms with E-state index in [2.05, 4.69) is 26.1 Å². The lowest BCUT2D eigenvalue weighted by Gasteiger charge is -2.16. The van der Waals surface area contributed by atoms with Crippen molar-refractivity contribution in [3.05, 3.63) is 110 Å². The minimum absolute atomic E-state index is 0.200. The summed E-state index contributed by atoms with van der Waals surface area (Å²) in [6.07, 6.45) is 0.353. The van der Waals surface area contributed by atoms with Gasteiger partial charge in [0.05, 0.1) is 22.5 Å². The van der Waals surface area contributed by atoms with E-state index < -0.39 is 0 Å². The summed E-state index contributed by atoms with van der Waals surface area (Å²) >= 11 is 10.1. The molecule has 0 aliphatic carbocycles. The number of halogens is 2. The molecule has 0 atom stereocenters. The van der Waals surface area contributed by atoms with Gasteiger partial charge in [0.2, 0.25) is 0 Å². The van der Waals surface area contributed by atoms with E-state index in [0.29, 0.717) is 40.8 Å². The van der Waals surface area contributed by atoms with Crippen LogP contribution in [0.15, 0.2) is 76.2 Å².